The third-order valence-corrected chi connectivity index (χ3v) is 34.7. The van der Waals surface area contributed by atoms with E-state index in [1.165, 1.54) is 18.2 Å². The van der Waals surface area contributed by atoms with Crippen LogP contribution in [0, 0.1) is 5.92 Å². The number of Topliss-reactive ketones (excluding diaryl/α,β-unsaturated/α-hetero) is 1. The van der Waals surface area contributed by atoms with E-state index in [1.807, 2.05) is 105 Å². The summed E-state index contributed by atoms with van der Waals surface area (Å²) in [6, 6.07) is 24.5. The monoisotopic (exact) mass is 2170 g/mol. The number of hydrogen-bond acceptors (Lipinski definition) is 26. The number of aromatic nitrogens is 3. The van der Waals surface area contributed by atoms with Crippen LogP contribution in [-0.2, 0) is 96.8 Å². The summed E-state index contributed by atoms with van der Waals surface area (Å²) in [6.45, 7) is 20.8. The molecule has 6 aromatic carbocycles. The Kier molecular flexibility index (Phi) is 35.0. The molecule has 8 heterocycles. The fraction of sp³-hybridized carbons (Fsp3) is 0.510. The average Bonchev–Trinajstić information content (AvgIpc) is 1.56. The molecule has 149 heavy (non-hydrogen) atoms. The molecular weight excluding hydrogens is 2040 g/mol. The summed E-state index contributed by atoms with van der Waals surface area (Å²) in [6.07, 6.45) is 20.7. The number of anilines is 5. The molecule has 806 valence electrons. The number of fused-ring (bicyclic) bond motifs is 8. The Bertz CT molecular complexity index is 7330. The van der Waals surface area contributed by atoms with Crippen LogP contribution in [0.3, 0.4) is 0 Å². The first kappa shape index (κ1) is 113. The van der Waals surface area contributed by atoms with E-state index in [0.29, 0.717) is 221 Å². The maximum atomic E-state index is 14.1. The number of piperidine rings is 3. The first-order valence-corrected chi connectivity index (χ1v) is 60.2. The Hall–Kier alpha value is -11.4. The van der Waals surface area contributed by atoms with Crippen LogP contribution >= 0.6 is 0 Å². The zero-order valence-electron chi connectivity index (χ0n) is 85.4. The fourth-order valence-corrected chi connectivity index (χ4v) is 25.8. The Morgan fingerprint density at radius 2 is 0.906 bits per heavy atom. The van der Waals surface area contributed by atoms with Gasteiger partial charge in [0.15, 0.2) is 17.2 Å². The summed E-state index contributed by atoms with van der Waals surface area (Å²) in [5.74, 6) is -4.07. The molecule has 7 aliphatic rings. The number of carbonyl (C=O) groups excluding carboxylic acids is 5. The maximum absolute atomic E-state index is 14.1. The number of rotatable bonds is 46. The third kappa shape index (κ3) is 26.5. The molecule has 3 saturated heterocycles. The predicted octanol–water partition coefficient (Wildman–Crippen LogP) is 12.8. The van der Waals surface area contributed by atoms with Gasteiger partial charge in [-0.3, -0.25) is 56.1 Å². The number of unbranched alkanes of at least 4 members (excludes halogenated alkanes) is 5. The number of aliphatic carboxylic acids is 1. The van der Waals surface area contributed by atoms with Crippen molar-refractivity contribution in [3.05, 3.63) is 178 Å². The van der Waals surface area contributed by atoms with Crippen LogP contribution in [0.2, 0.25) is 0 Å². The molecule has 14 rings (SSSR count). The fourth-order valence-electron chi connectivity index (χ4n) is 22.5. The number of allylic oxidation sites excluding steroid dienone is 8. The van der Waals surface area contributed by atoms with Gasteiger partial charge in [0.25, 0.3) is 72.5 Å². The second-order valence-corrected chi connectivity index (χ2v) is 50.4. The molecular formula is C104H136N14O25S6+2. The lowest BCUT2D eigenvalue weighted by Gasteiger charge is -2.36. The van der Waals surface area contributed by atoms with Crippen LogP contribution in [-0.4, -0.2) is 267 Å². The molecule has 0 radical (unpaired) electrons. The van der Waals surface area contributed by atoms with Crippen molar-refractivity contribution in [1.82, 2.24) is 36.2 Å². The molecule has 0 bridgehead atoms. The Morgan fingerprint density at radius 1 is 0.443 bits per heavy atom. The van der Waals surface area contributed by atoms with Gasteiger partial charge in [0, 0.05) is 195 Å². The van der Waals surface area contributed by atoms with Gasteiger partial charge < -0.3 is 50.9 Å². The molecule has 1 atom stereocenters. The van der Waals surface area contributed by atoms with Gasteiger partial charge in [-0.05, 0) is 187 Å². The number of carboxylic acids is 1. The molecule has 3 fully saturated rings. The van der Waals surface area contributed by atoms with E-state index in [0.717, 1.165) is 33.8 Å². The molecule has 45 heteroatoms. The Labute approximate surface area is 871 Å². The molecule has 0 aliphatic carbocycles. The summed E-state index contributed by atoms with van der Waals surface area (Å²) >= 11 is 0. The minimum Gasteiger partial charge on any atom is -0.481 e. The van der Waals surface area contributed by atoms with E-state index in [-0.39, 0.29) is 115 Å². The molecule has 39 nitrogen and oxygen atoms in total. The summed E-state index contributed by atoms with van der Waals surface area (Å²) in [7, 11) is -27.0. The van der Waals surface area contributed by atoms with Crippen LogP contribution in [0.4, 0.5) is 40.6 Å². The van der Waals surface area contributed by atoms with E-state index in [1.54, 1.807) is 78.2 Å². The van der Waals surface area contributed by atoms with Crippen molar-refractivity contribution in [3.63, 3.8) is 0 Å². The molecule has 1 aromatic heterocycles. The number of carboxylic acid groups (broad SMARTS) is 1. The van der Waals surface area contributed by atoms with E-state index in [2.05, 4.69) is 42.9 Å². The molecule has 0 saturated carbocycles. The number of nitrogens with zero attached hydrogens (tertiary/aromatic N) is 10. The molecule has 7 aromatic rings. The maximum Gasteiger partial charge on any atom is 0.306 e. The van der Waals surface area contributed by atoms with Crippen molar-refractivity contribution in [3.8, 4) is 0 Å². The second-order valence-electron chi connectivity index (χ2n) is 41.3. The van der Waals surface area contributed by atoms with Gasteiger partial charge in [0.1, 0.15) is 22.9 Å². The topological polar surface area (TPSA) is 558 Å². The lowest BCUT2D eigenvalue weighted by molar-refractivity contribution is -0.437. The highest BCUT2D eigenvalue weighted by Crippen LogP contribution is 2.54. The van der Waals surface area contributed by atoms with Crippen molar-refractivity contribution >= 4 is 170 Å². The zero-order valence-corrected chi connectivity index (χ0v) is 90.3. The Balaban J connectivity index is 0.578. The summed E-state index contributed by atoms with van der Waals surface area (Å²) < 4.78 is 211. The number of ketones is 1. The quantitative estimate of drug-likeness (QED) is 0.00730. The molecule has 11 N–H and O–H groups in total. The van der Waals surface area contributed by atoms with E-state index in [9.17, 15) is 112 Å². The second kappa shape index (κ2) is 46.0. The minimum absolute atomic E-state index is 0.00222. The van der Waals surface area contributed by atoms with Gasteiger partial charge in [-0.1, -0.05) is 103 Å². The number of hydrogen-bond donors (Lipinski definition) is 11. The van der Waals surface area contributed by atoms with Crippen LogP contribution in [0.25, 0.3) is 21.5 Å². The minimum atomic E-state index is -4.65. The van der Waals surface area contributed by atoms with Gasteiger partial charge in [0.2, 0.25) is 41.0 Å². The standard InChI is InChI=1S/C104H134N14O25S6/c1-10-49-104(9)89(117(53-24-62-145(129,130)131)81-42-39-74-76(94(81)104)27-20-30-85(74)149(141,142)143)34-22-33-87-102(5,6)92-75-26-19-29-84(148(138,139)140)73(75)38-41-80(92)116(87)51-18-14-17-36-91(121)108-72-47-59-114(60-48-72)100-110-98(112-55-43-68(44-56-112)97(124)125)109-99(111-100)113-57-45-71(46-58-113)107-90(120)35-16-13-12-15-28-83(119)69-37-40-79-78(66-69)101(3,4)86(115(79)52-23-61-144(126,127)128)31-21-32-88-103(7,8)93-77(96(123)106-50-64-147(135,136)137)65-70(95(122)105-11-2)67-82(93)118(88)54-25-63-146(132,133)134/h19-22,26-27,29-34,37-42,65-68,71-72H,10-18,23-25,28,35-36,43-64H2,1-9H3,(H9-2,105,106,107,108,120,121,122,123,124,125,126,127,128,129,130,131,132,133,134,135,136,137,138,139,140,141,142,143)/p+2. The normalized spacial score (nSPS) is 18.9. The lowest BCUT2D eigenvalue weighted by atomic mass is 9.74. The lowest BCUT2D eigenvalue weighted by Crippen LogP contribution is -2.46. The first-order valence-electron chi connectivity index (χ1n) is 50.9. The van der Waals surface area contributed by atoms with E-state index in [4.69, 9.17) is 15.0 Å². The first-order chi connectivity index (χ1) is 70.1. The van der Waals surface area contributed by atoms with Crippen molar-refractivity contribution < 1.29 is 121 Å². The van der Waals surface area contributed by atoms with Crippen molar-refractivity contribution in [2.45, 2.75) is 241 Å². The molecule has 4 amide bonds. The Morgan fingerprint density at radius 3 is 1.42 bits per heavy atom. The summed E-state index contributed by atoms with van der Waals surface area (Å²) in [5.41, 5.74) is 5.20. The molecule has 0 spiro atoms. The highest BCUT2D eigenvalue weighted by Gasteiger charge is 2.52. The number of benzene rings is 6. The average molecular weight is 2170 g/mol. The third-order valence-electron chi connectivity index (χ3n) is 29.7. The SMILES string of the molecule is CCCC1(C)C(/C=C/C=C2/N(CCCCCC(=O)NC3CCN(c4nc(N5CCC(NC(=O)CCCCCCC(=O)c6ccc7c(c6)C(C)(C)/C(=C\C=C\C6=[N+](CCCS(=O)(=O)O)c8cc(C(=O)NCC)cc(C(=O)NCCS(=O)(=O)O)c8C6(C)C)N7CCCS(=O)(=O)O)CC5)nc(N5CCC(C(=O)O)CC5)n4)CC3)c3ccc4c(S(=O)(=O)O)cccc4c3C2(C)C)=[N+](CCCS(=O)(=O)O)c2ccc3c(S(=O)(=O)O)cccc3c21. The van der Waals surface area contributed by atoms with Crippen molar-refractivity contribution in [1.29, 1.82) is 0 Å². The smallest absolute Gasteiger partial charge is 0.306 e. The van der Waals surface area contributed by atoms with E-state index >= 15 is 0 Å². The van der Waals surface area contributed by atoms with Crippen LogP contribution < -0.4 is 45.8 Å². The van der Waals surface area contributed by atoms with Crippen LogP contribution in [0.1, 0.15) is 250 Å². The number of amides is 4. The van der Waals surface area contributed by atoms with Crippen molar-refractivity contribution in [2.24, 2.45) is 5.92 Å². The molecule has 7 aliphatic heterocycles. The largest absolute Gasteiger partial charge is 0.481 e. The van der Waals surface area contributed by atoms with E-state index < -0.39 is 136 Å². The predicted molar refractivity (Wildman–Crippen MR) is 570 cm³/mol. The van der Waals surface area contributed by atoms with Gasteiger partial charge in [-0.15, -0.1) is 0 Å². The van der Waals surface area contributed by atoms with Crippen molar-refractivity contribution in [2.75, 3.05) is 126 Å². The van der Waals surface area contributed by atoms with Gasteiger partial charge in [0.05, 0.1) is 50.9 Å². The van der Waals surface area contributed by atoms with Crippen LogP contribution in [0.15, 0.2) is 149 Å². The summed E-state index contributed by atoms with van der Waals surface area (Å²) in [5, 5.41) is 23.5. The zero-order chi connectivity index (χ0) is 108. The number of carbonyl (C=O) groups is 6. The molecule has 1 unspecified atom stereocenters. The van der Waals surface area contributed by atoms with Gasteiger partial charge >= 0.3 is 5.97 Å². The van der Waals surface area contributed by atoms with Gasteiger partial charge in [-0.25, -0.2) is 0 Å². The highest BCUT2D eigenvalue weighted by atomic mass is 32.2. The number of nitrogens with one attached hydrogen (secondary N) is 4. The van der Waals surface area contributed by atoms with Crippen LogP contribution in [0.5, 0.6) is 0 Å². The highest BCUT2D eigenvalue weighted by molar-refractivity contribution is 7.87. The summed E-state index contributed by atoms with van der Waals surface area (Å²) in [4.78, 5) is 106. The van der Waals surface area contributed by atoms with Gasteiger partial charge in [-0.2, -0.15) is 74.6 Å².